The quantitative estimate of drug-likeness (QED) is 0.113. The van der Waals surface area contributed by atoms with Gasteiger partial charge in [0.25, 0.3) is 0 Å². The molecule has 14 aromatic carbocycles. The minimum absolute atomic E-state index is 1.10. The molecule has 0 radical (unpaired) electrons. The lowest BCUT2D eigenvalue weighted by Crippen LogP contribution is -2.15. The fraction of sp³-hybridized carbons (Fsp3) is 0.0256. The summed E-state index contributed by atoms with van der Waals surface area (Å²) in [5.74, 6) is 0. The molecule has 14 rings (SSSR count). The summed E-state index contributed by atoms with van der Waals surface area (Å²) < 4.78 is 0. The number of rotatable bonds is 12. The second-order valence-electron chi connectivity index (χ2n) is 20.9. The molecule has 2 heteroatoms. The number of nitrogens with zero attached hydrogens (tertiary/aromatic N) is 2. The fourth-order valence-corrected chi connectivity index (χ4v) is 12.3. The molecule has 0 fully saturated rings. The van der Waals surface area contributed by atoms with Crippen molar-refractivity contribution in [2.75, 3.05) is 9.80 Å². The highest BCUT2D eigenvalue weighted by atomic mass is 15.2. The van der Waals surface area contributed by atoms with E-state index in [0.717, 1.165) is 89.8 Å². The number of anilines is 6. The normalized spacial score (nSPS) is 11.4. The Balaban J connectivity index is 1.08. The van der Waals surface area contributed by atoms with Gasteiger partial charge in [-0.25, -0.2) is 0 Å². The molecule has 14 aromatic rings. The Bertz CT molecular complexity index is 4220. The molecule has 0 bridgehead atoms. The highest BCUT2D eigenvalue weighted by Gasteiger charge is 2.29. The molecule has 0 aromatic heterocycles. The summed E-state index contributed by atoms with van der Waals surface area (Å²) >= 11 is 0. The maximum absolute atomic E-state index is 2.58. The molecule has 0 saturated heterocycles. The number of benzene rings is 14. The van der Waals surface area contributed by atoms with Crippen LogP contribution in [-0.2, 0) is 0 Å². The van der Waals surface area contributed by atoms with Crippen LogP contribution in [0.25, 0.3) is 99.1 Å². The Morgan fingerprint density at radius 2 is 0.525 bits per heavy atom. The SMILES string of the molecule is Cc1cccc(-c2ccccc2)c1N(c1cc(-c2ccccc2)ccc1-c1ccccc1)c1ccc2ccc3c(N(c4cc(-c5ccccc5)ccc4-c4ccccc4)c4c(C)cccc4-c4ccccc4)ccc4ccc1c2c43. The van der Waals surface area contributed by atoms with Crippen LogP contribution < -0.4 is 9.80 Å². The largest absolute Gasteiger partial charge is 0.308 e. The Labute approximate surface area is 468 Å². The lowest BCUT2D eigenvalue weighted by Gasteiger charge is -2.34. The predicted octanol–water partition coefficient (Wildman–Crippen LogP) is 22.1. The first-order valence-corrected chi connectivity index (χ1v) is 27.7. The van der Waals surface area contributed by atoms with Gasteiger partial charge in [-0.05, 0) is 115 Å². The summed E-state index contributed by atoms with van der Waals surface area (Å²) in [5.41, 5.74) is 23.0. The third-order valence-electron chi connectivity index (χ3n) is 16.1. The standard InChI is InChI=1S/C78H56N2/c1-53-23-21-37-67(59-33-17-7-18-34-59)77(53)79(73-51-63(55-25-9-3-10-26-55)41-45-65(73)57-29-13-5-14-30-57)71-49-43-61-40-48-70-72(50-44-62-39-47-69(71)75(61)76(62)70)80(78-54(2)24-22-38-68(78)60-35-19-8-20-36-60)74-52-64(56-27-11-4-12-28-56)42-46-66(74)58-31-15-6-16-32-58/h3-52H,1-2H3. The molecule has 0 atom stereocenters. The molecule has 0 N–H and O–H groups in total. The van der Waals surface area contributed by atoms with Crippen LogP contribution in [0.2, 0.25) is 0 Å². The van der Waals surface area contributed by atoms with E-state index in [2.05, 4.69) is 327 Å². The van der Waals surface area contributed by atoms with Crippen LogP contribution in [0.15, 0.2) is 303 Å². The molecule has 0 heterocycles. The van der Waals surface area contributed by atoms with Crippen LogP contribution in [0.1, 0.15) is 11.1 Å². The maximum Gasteiger partial charge on any atom is 0.0569 e. The molecular weight excluding hydrogens is 965 g/mol. The van der Waals surface area contributed by atoms with Crippen LogP contribution >= 0.6 is 0 Å². The lowest BCUT2D eigenvalue weighted by atomic mass is 9.89. The van der Waals surface area contributed by atoms with E-state index >= 15 is 0 Å². The van der Waals surface area contributed by atoms with Gasteiger partial charge in [0.2, 0.25) is 0 Å². The van der Waals surface area contributed by atoms with Gasteiger partial charge in [-0.2, -0.15) is 0 Å². The van der Waals surface area contributed by atoms with E-state index in [0.29, 0.717) is 0 Å². The Morgan fingerprint density at radius 3 is 0.875 bits per heavy atom. The van der Waals surface area contributed by atoms with Gasteiger partial charge in [0.05, 0.1) is 34.1 Å². The van der Waals surface area contributed by atoms with E-state index in [1.807, 2.05) is 0 Å². The topological polar surface area (TPSA) is 6.48 Å². The van der Waals surface area contributed by atoms with Gasteiger partial charge >= 0.3 is 0 Å². The second kappa shape index (κ2) is 20.6. The molecule has 0 saturated carbocycles. The average Bonchev–Trinajstić information content (AvgIpc) is 3.63. The first-order chi connectivity index (χ1) is 39.6. The van der Waals surface area contributed by atoms with Crippen molar-refractivity contribution in [3.63, 3.8) is 0 Å². The third-order valence-corrected chi connectivity index (χ3v) is 16.1. The summed E-state index contributed by atoms with van der Waals surface area (Å²) in [7, 11) is 0. The molecule has 0 aliphatic heterocycles. The number of para-hydroxylation sites is 2. The second-order valence-corrected chi connectivity index (χ2v) is 20.9. The van der Waals surface area contributed by atoms with Gasteiger partial charge in [-0.3, -0.25) is 0 Å². The molecule has 0 amide bonds. The van der Waals surface area contributed by atoms with Crippen molar-refractivity contribution in [2.24, 2.45) is 0 Å². The molecular formula is C78H56N2. The summed E-state index contributed by atoms with van der Waals surface area (Å²) in [6.45, 7) is 4.53. The van der Waals surface area contributed by atoms with E-state index in [1.165, 1.54) is 54.6 Å². The van der Waals surface area contributed by atoms with Crippen LogP contribution in [0.5, 0.6) is 0 Å². The van der Waals surface area contributed by atoms with E-state index in [-0.39, 0.29) is 0 Å². The van der Waals surface area contributed by atoms with E-state index in [4.69, 9.17) is 0 Å². The monoisotopic (exact) mass is 1020 g/mol. The van der Waals surface area contributed by atoms with E-state index in [9.17, 15) is 0 Å². The Morgan fingerprint density at radius 1 is 0.212 bits per heavy atom. The number of aryl methyl sites for hydroxylation is 2. The predicted molar refractivity (Wildman–Crippen MR) is 342 cm³/mol. The van der Waals surface area contributed by atoms with Crippen LogP contribution in [0.4, 0.5) is 34.1 Å². The average molecular weight is 1020 g/mol. The third kappa shape index (κ3) is 8.55. The highest BCUT2D eigenvalue weighted by Crippen LogP contribution is 2.54. The molecule has 0 aliphatic rings. The van der Waals surface area contributed by atoms with E-state index < -0.39 is 0 Å². The van der Waals surface area contributed by atoms with Crippen molar-refractivity contribution in [1.29, 1.82) is 0 Å². The van der Waals surface area contributed by atoms with Gasteiger partial charge in [0.15, 0.2) is 0 Å². The van der Waals surface area contributed by atoms with Gasteiger partial charge in [-0.15, -0.1) is 0 Å². The molecule has 0 unspecified atom stereocenters. The first-order valence-electron chi connectivity index (χ1n) is 27.7. The Hall–Kier alpha value is -10.3. The fourth-order valence-electron chi connectivity index (χ4n) is 12.3. The number of hydrogen-bond acceptors (Lipinski definition) is 2. The van der Waals surface area contributed by atoms with Crippen LogP contribution in [0, 0.1) is 13.8 Å². The van der Waals surface area contributed by atoms with Crippen molar-refractivity contribution < 1.29 is 0 Å². The summed E-state index contributed by atoms with van der Waals surface area (Å²) in [5, 5.41) is 7.19. The van der Waals surface area contributed by atoms with Crippen LogP contribution in [-0.4, -0.2) is 0 Å². The van der Waals surface area contributed by atoms with Gasteiger partial charge in [0.1, 0.15) is 0 Å². The van der Waals surface area contributed by atoms with Crippen molar-refractivity contribution >= 4 is 66.4 Å². The summed E-state index contributed by atoms with van der Waals surface area (Å²) in [6, 6.07) is 111. The van der Waals surface area contributed by atoms with Crippen molar-refractivity contribution in [1.82, 2.24) is 0 Å². The van der Waals surface area contributed by atoms with Gasteiger partial charge in [0, 0.05) is 33.0 Å². The lowest BCUT2D eigenvalue weighted by molar-refractivity contribution is 1.26. The first kappa shape index (κ1) is 48.1. The zero-order chi connectivity index (χ0) is 53.5. The molecule has 378 valence electrons. The van der Waals surface area contributed by atoms with Crippen LogP contribution in [0.3, 0.4) is 0 Å². The zero-order valence-corrected chi connectivity index (χ0v) is 44.8. The van der Waals surface area contributed by atoms with Gasteiger partial charge in [-0.1, -0.05) is 279 Å². The summed E-state index contributed by atoms with van der Waals surface area (Å²) in [6.07, 6.45) is 0. The van der Waals surface area contributed by atoms with Gasteiger partial charge < -0.3 is 9.80 Å². The minimum Gasteiger partial charge on any atom is -0.308 e. The minimum atomic E-state index is 1.10. The number of hydrogen-bond donors (Lipinski definition) is 0. The molecule has 0 spiro atoms. The molecule has 80 heavy (non-hydrogen) atoms. The van der Waals surface area contributed by atoms with E-state index in [1.54, 1.807) is 0 Å². The molecule has 2 nitrogen and oxygen atoms in total. The highest BCUT2D eigenvalue weighted by molar-refractivity contribution is 6.28. The Kier molecular flexibility index (Phi) is 12.4. The smallest absolute Gasteiger partial charge is 0.0569 e. The van der Waals surface area contributed by atoms with Crippen molar-refractivity contribution in [2.45, 2.75) is 13.8 Å². The molecule has 0 aliphatic carbocycles. The zero-order valence-electron chi connectivity index (χ0n) is 44.8. The summed E-state index contributed by atoms with van der Waals surface area (Å²) in [4.78, 5) is 5.15. The van der Waals surface area contributed by atoms with Crippen molar-refractivity contribution in [3.05, 3.63) is 314 Å². The maximum atomic E-state index is 2.58. The van der Waals surface area contributed by atoms with Crippen molar-refractivity contribution in [3.8, 4) is 66.8 Å².